The summed E-state index contributed by atoms with van der Waals surface area (Å²) in [5, 5.41) is 8.61. The van der Waals surface area contributed by atoms with Gasteiger partial charge in [-0.1, -0.05) is 30.7 Å². The van der Waals surface area contributed by atoms with Crippen LogP contribution in [0.1, 0.15) is 43.2 Å². The lowest BCUT2D eigenvalue weighted by atomic mass is 10.0. The molecule has 1 saturated heterocycles. The van der Waals surface area contributed by atoms with Crippen molar-refractivity contribution < 1.29 is 9.90 Å². The van der Waals surface area contributed by atoms with E-state index in [1.165, 1.54) is 43.5 Å². The van der Waals surface area contributed by atoms with E-state index in [0.717, 1.165) is 19.4 Å². The Labute approximate surface area is 115 Å². The average Bonchev–Trinajstić information content (AvgIpc) is 2.42. The molecule has 0 amide bonds. The molecule has 1 aliphatic rings. The summed E-state index contributed by atoms with van der Waals surface area (Å²) in [6.45, 7) is 3.50. The Kier molecular flexibility index (Phi) is 5.40. The molecule has 1 N–H and O–H groups in total. The van der Waals surface area contributed by atoms with E-state index in [1.807, 2.05) is 0 Å². The molecule has 0 unspecified atom stereocenters. The number of carbonyl (C=O) groups is 1. The first-order valence-corrected chi connectivity index (χ1v) is 7.26. The van der Waals surface area contributed by atoms with Gasteiger partial charge in [-0.2, -0.15) is 0 Å². The average molecular weight is 261 g/mol. The Hall–Kier alpha value is -1.35. The normalized spacial score (nSPS) is 16.4. The van der Waals surface area contributed by atoms with E-state index in [-0.39, 0.29) is 6.42 Å². The summed E-state index contributed by atoms with van der Waals surface area (Å²) in [4.78, 5) is 13.0. The second-order valence-electron chi connectivity index (χ2n) is 5.40. The van der Waals surface area contributed by atoms with Gasteiger partial charge < -0.3 is 5.11 Å². The lowest BCUT2D eigenvalue weighted by molar-refractivity contribution is -0.137. The molecule has 1 aliphatic heterocycles. The zero-order valence-corrected chi connectivity index (χ0v) is 11.5. The molecular formula is C16H23NO2. The number of carboxylic acids is 1. The fraction of sp³-hybridized carbons (Fsp3) is 0.562. The van der Waals surface area contributed by atoms with Gasteiger partial charge in [-0.05, 0) is 49.9 Å². The number of aryl methyl sites for hydroxylation is 1. The molecule has 0 atom stereocenters. The first kappa shape index (κ1) is 14.1. The van der Waals surface area contributed by atoms with Crippen LogP contribution in [0.25, 0.3) is 0 Å². The van der Waals surface area contributed by atoms with Crippen LogP contribution in [-0.4, -0.2) is 29.1 Å². The van der Waals surface area contributed by atoms with Crippen molar-refractivity contribution in [1.82, 2.24) is 4.90 Å². The number of nitrogens with zero attached hydrogens (tertiary/aromatic N) is 1. The van der Waals surface area contributed by atoms with Crippen LogP contribution in [0, 0.1) is 0 Å². The van der Waals surface area contributed by atoms with Crippen LogP contribution >= 0.6 is 0 Å². The van der Waals surface area contributed by atoms with Crippen molar-refractivity contribution in [3.63, 3.8) is 0 Å². The van der Waals surface area contributed by atoms with Gasteiger partial charge in [-0.3, -0.25) is 9.69 Å². The van der Waals surface area contributed by atoms with E-state index < -0.39 is 5.97 Å². The number of likely N-dealkylation sites (tertiary alicyclic amines) is 1. The molecule has 0 aromatic heterocycles. The van der Waals surface area contributed by atoms with Crippen LogP contribution < -0.4 is 0 Å². The maximum absolute atomic E-state index is 10.5. The standard InChI is InChI=1S/C16H23NO2/c18-16(19)6-4-5-14-7-9-15(10-8-14)13-17-11-2-1-3-12-17/h7-10H,1-6,11-13H2,(H,18,19). The monoisotopic (exact) mass is 261 g/mol. The highest BCUT2D eigenvalue weighted by Gasteiger charge is 2.10. The Morgan fingerprint density at radius 3 is 2.32 bits per heavy atom. The smallest absolute Gasteiger partial charge is 0.303 e. The van der Waals surface area contributed by atoms with Crippen molar-refractivity contribution in [3.8, 4) is 0 Å². The fourth-order valence-electron chi connectivity index (χ4n) is 2.63. The van der Waals surface area contributed by atoms with E-state index in [4.69, 9.17) is 5.11 Å². The largest absolute Gasteiger partial charge is 0.481 e. The van der Waals surface area contributed by atoms with Gasteiger partial charge in [-0.25, -0.2) is 0 Å². The van der Waals surface area contributed by atoms with Crippen molar-refractivity contribution in [2.75, 3.05) is 13.1 Å². The van der Waals surface area contributed by atoms with Gasteiger partial charge in [0.1, 0.15) is 0 Å². The lowest BCUT2D eigenvalue weighted by Gasteiger charge is -2.26. The van der Waals surface area contributed by atoms with Crippen LogP contribution in [0.5, 0.6) is 0 Å². The molecule has 104 valence electrons. The molecule has 0 saturated carbocycles. The molecule has 0 aliphatic carbocycles. The van der Waals surface area contributed by atoms with Gasteiger partial charge >= 0.3 is 5.97 Å². The zero-order chi connectivity index (χ0) is 13.5. The minimum atomic E-state index is -0.707. The van der Waals surface area contributed by atoms with E-state index in [9.17, 15) is 4.79 Å². The van der Waals surface area contributed by atoms with Crippen LogP contribution in [-0.2, 0) is 17.8 Å². The van der Waals surface area contributed by atoms with Crippen molar-refractivity contribution >= 4 is 5.97 Å². The summed E-state index contributed by atoms with van der Waals surface area (Å²) >= 11 is 0. The maximum Gasteiger partial charge on any atom is 0.303 e. The van der Waals surface area contributed by atoms with Crippen molar-refractivity contribution in [2.24, 2.45) is 0 Å². The maximum atomic E-state index is 10.5. The first-order chi connectivity index (χ1) is 9.24. The number of benzene rings is 1. The summed E-state index contributed by atoms with van der Waals surface area (Å²) < 4.78 is 0. The molecule has 0 bridgehead atoms. The van der Waals surface area contributed by atoms with Gasteiger partial charge in [-0.15, -0.1) is 0 Å². The highest BCUT2D eigenvalue weighted by atomic mass is 16.4. The molecule has 1 fully saturated rings. The molecule has 19 heavy (non-hydrogen) atoms. The van der Waals surface area contributed by atoms with Crippen LogP contribution in [0.4, 0.5) is 0 Å². The molecule has 1 aromatic rings. The Morgan fingerprint density at radius 1 is 1.05 bits per heavy atom. The summed E-state index contributed by atoms with van der Waals surface area (Å²) in [7, 11) is 0. The summed E-state index contributed by atoms with van der Waals surface area (Å²) in [6.07, 6.45) is 5.87. The summed E-state index contributed by atoms with van der Waals surface area (Å²) in [5.74, 6) is -0.707. The van der Waals surface area contributed by atoms with E-state index in [0.29, 0.717) is 0 Å². The topological polar surface area (TPSA) is 40.5 Å². The minimum absolute atomic E-state index is 0.259. The number of piperidine rings is 1. The molecule has 1 aromatic carbocycles. The summed E-state index contributed by atoms with van der Waals surface area (Å²) in [5.41, 5.74) is 2.60. The van der Waals surface area contributed by atoms with Crippen LogP contribution in [0.2, 0.25) is 0 Å². The number of hydrogen-bond acceptors (Lipinski definition) is 2. The molecule has 2 rings (SSSR count). The third-order valence-corrected chi connectivity index (χ3v) is 3.73. The van der Waals surface area contributed by atoms with Crippen molar-refractivity contribution in [1.29, 1.82) is 0 Å². The second-order valence-corrected chi connectivity index (χ2v) is 5.40. The quantitative estimate of drug-likeness (QED) is 0.855. The number of aliphatic carboxylic acids is 1. The van der Waals surface area contributed by atoms with Gasteiger partial charge in [0.2, 0.25) is 0 Å². The predicted molar refractivity (Wildman–Crippen MR) is 76.1 cm³/mol. The Balaban J connectivity index is 1.78. The van der Waals surface area contributed by atoms with Gasteiger partial charge in [0.25, 0.3) is 0 Å². The number of hydrogen-bond donors (Lipinski definition) is 1. The molecule has 3 heteroatoms. The first-order valence-electron chi connectivity index (χ1n) is 7.26. The molecule has 1 heterocycles. The Bertz CT molecular complexity index is 394. The SMILES string of the molecule is O=C(O)CCCc1ccc(CN2CCCCC2)cc1. The zero-order valence-electron chi connectivity index (χ0n) is 11.5. The van der Waals surface area contributed by atoms with E-state index in [1.54, 1.807) is 0 Å². The highest BCUT2D eigenvalue weighted by Crippen LogP contribution is 2.14. The lowest BCUT2D eigenvalue weighted by Crippen LogP contribution is -2.29. The molecule has 0 radical (unpaired) electrons. The second kappa shape index (κ2) is 7.29. The minimum Gasteiger partial charge on any atom is -0.481 e. The summed E-state index contributed by atoms with van der Waals surface area (Å²) in [6, 6.07) is 8.65. The third-order valence-electron chi connectivity index (χ3n) is 3.73. The van der Waals surface area contributed by atoms with Crippen LogP contribution in [0.15, 0.2) is 24.3 Å². The molecular weight excluding hydrogens is 238 g/mol. The molecule has 0 spiro atoms. The van der Waals surface area contributed by atoms with Gasteiger partial charge in [0.05, 0.1) is 0 Å². The van der Waals surface area contributed by atoms with Crippen molar-refractivity contribution in [2.45, 2.75) is 45.1 Å². The van der Waals surface area contributed by atoms with Crippen LogP contribution in [0.3, 0.4) is 0 Å². The van der Waals surface area contributed by atoms with Gasteiger partial charge in [0, 0.05) is 13.0 Å². The fourth-order valence-corrected chi connectivity index (χ4v) is 2.63. The van der Waals surface area contributed by atoms with E-state index >= 15 is 0 Å². The van der Waals surface area contributed by atoms with Gasteiger partial charge in [0.15, 0.2) is 0 Å². The highest BCUT2D eigenvalue weighted by molar-refractivity contribution is 5.66. The number of rotatable bonds is 6. The predicted octanol–water partition coefficient (Wildman–Crippen LogP) is 3.08. The van der Waals surface area contributed by atoms with E-state index in [2.05, 4.69) is 29.2 Å². The molecule has 3 nitrogen and oxygen atoms in total. The third kappa shape index (κ3) is 5.03. The number of carboxylic acid groups (broad SMARTS) is 1. The van der Waals surface area contributed by atoms with Crippen molar-refractivity contribution in [3.05, 3.63) is 35.4 Å². The Morgan fingerprint density at radius 2 is 1.68 bits per heavy atom.